The van der Waals surface area contributed by atoms with E-state index in [9.17, 15) is 19.1 Å². The van der Waals surface area contributed by atoms with E-state index in [1.807, 2.05) is 0 Å². The zero-order valence-corrected chi connectivity index (χ0v) is 12.8. The minimum absolute atomic E-state index is 0.205. The monoisotopic (exact) mass is 322 g/mol. The van der Waals surface area contributed by atoms with Gasteiger partial charge in [0.25, 0.3) is 11.8 Å². The SMILES string of the molecule is CN1CCOC(C(=O)NC2(c3ccccc3F)CC(O)C2)C1=O. The third-order valence-electron chi connectivity index (χ3n) is 4.47. The van der Waals surface area contributed by atoms with Crippen LogP contribution in [0.1, 0.15) is 18.4 Å². The Kier molecular flexibility index (Phi) is 4.08. The number of halogens is 1. The fraction of sp³-hybridized carbons (Fsp3) is 0.500. The molecule has 7 heteroatoms. The second-order valence-electron chi connectivity index (χ2n) is 6.12. The fourth-order valence-electron chi connectivity index (χ4n) is 3.16. The van der Waals surface area contributed by atoms with Crippen LogP contribution in [-0.4, -0.2) is 54.2 Å². The minimum Gasteiger partial charge on any atom is -0.393 e. The highest BCUT2D eigenvalue weighted by Crippen LogP contribution is 2.42. The molecule has 6 nitrogen and oxygen atoms in total. The molecule has 0 spiro atoms. The van der Waals surface area contributed by atoms with E-state index in [0.717, 1.165) is 0 Å². The first kappa shape index (κ1) is 15.9. The largest absolute Gasteiger partial charge is 0.393 e. The molecule has 2 aliphatic rings. The summed E-state index contributed by atoms with van der Waals surface area (Å²) in [5.41, 5.74) is -0.683. The minimum atomic E-state index is -1.23. The molecule has 3 rings (SSSR count). The number of hydrogen-bond acceptors (Lipinski definition) is 4. The van der Waals surface area contributed by atoms with E-state index in [-0.39, 0.29) is 19.4 Å². The number of rotatable bonds is 3. The molecule has 1 aromatic rings. The van der Waals surface area contributed by atoms with Crippen LogP contribution in [0, 0.1) is 5.82 Å². The van der Waals surface area contributed by atoms with Crippen molar-refractivity contribution in [2.24, 2.45) is 0 Å². The van der Waals surface area contributed by atoms with Gasteiger partial charge in [-0.1, -0.05) is 18.2 Å². The number of likely N-dealkylation sites (N-methyl/N-ethyl adjacent to an activating group) is 1. The van der Waals surface area contributed by atoms with Gasteiger partial charge in [0.15, 0.2) is 0 Å². The Morgan fingerprint density at radius 1 is 1.43 bits per heavy atom. The number of hydrogen-bond donors (Lipinski definition) is 2. The summed E-state index contributed by atoms with van der Waals surface area (Å²) in [6, 6.07) is 6.13. The Bertz CT molecular complexity index is 630. The molecule has 1 saturated carbocycles. The molecule has 0 aromatic heterocycles. The van der Waals surface area contributed by atoms with Crippen molar-refractivity contribution in [1.29, 1.82) is 0 Å². The molecule has 23 heavy (non-hydrogen) atoms. The first-order valence-corrected chi connectivity index (χ1v) is 7.55. The van der Waals surface area contributed by atoms with Gasteiger partial charge in [0.1, 0.15) is 5.82 Å². The summed E-state index contributed by atoms with van der Waals surface area (Å²) in [7, 11) is 1.60. The molecule has 2 fully saturated rings. The number of nitrogens with zero attached hydrogens (tertiary/aromatic N) is 1. The standard InChI is InChI=1S/C16H19FN2O4/c1-19-6-7-23-13(15(19)22)14(21)18-16(8-10(20)9-16)11-4-2-3-5-12(11)17/h2-5,10,13,20H,6-9H2,1H3,(H,18,21). The average Bonchev–Trinajstić information content (AvgIpc) is 2.48. The predicted octanol–water partition coefficient (Wildman–Crippen LogP) is 0.149. The van der Waals surface area contributed by atoms with E-state index in [2.05, 4.69) is 5.32 Å². The molecule has 0 radical (unpaired) electrons. The molecule has 1 unspecified atom stereocenters. The Labute approximate surface area is 133 Å². The van der Waals surface area contributed by atoms with Gasteiger partial charge in [0, 0.05) is 32.0 Å². The highest BCUT2D eigenvalue weighted by atomic mass is 19.1. The Morgan fingerprint density at radius 3 is 2.78 bits per heavy atom. The molecular weight excluding hydrogens is 303 g/mol. The molecule has 1 atom stereocenters. The van der Waals surface area contributed by atoms with Gasteiger partial charge in [-0.3, -0.25) is 9.59 Å². The summed E-state index contributed by atoms with van der Waals surface area (Å²) in [6.45, 7) is 0.704. The van der Waals surface area contributed by atoms with Gasteiger partial charge in [-0.2, -0.15) is 0 Å². The number of morpholine rings is 1. The van der Waals surface area contributed by atoms with Crippen LogP contribution in [-0.2, 0) is 19.9 Å². The molecular formula is C16H19FN2O4. The lowest BCUT2D eigenvalue weighted by Gasteiger charge is -2.47. The summed E-state index contributed by atoms with van der Waals surface area (Å²) in [5.74, 6) is -1.47. The van der Waals surface area contributed by atoms with Gasteiger partial charge in [-0.25, -0.2) is 4.39 Å². The van der Waals surface area contributed by atoms with Crippen LogP contribution in [0.5, 0.6) is 0 Å². The van der Waals surface area contributed by atoms with Gasteiger partial charge in [0.2, 0.25) is 6.10 Å². The van der Waals surface area contributed by atoms with Gasteiger partial charge in [-0.05, 0) is 6.07 Å². The van der Waals surface area contributed by atoms with Crippen LogP contribution in [0.25, 0.3) is 0 Å². The lowest BCUT2D eigenvalue weighted by molar-refractivity contribution is -0.160. The maximum Gasteiger partial charge on any atom is 0.261 e. The summed E-state index contributed by atoms with van der Waals surface area (Å²) in [6.07, 6.45) is -1.43. The molecule has 0 bridgehead atoms. The van der Waals surface area contributed by atoms with Gasteiger partial charge in [0.05, 0.1) is 18.2 Å². The highest BCUT2D eigenvalue weighted by molar-refractivity contribution is 6.03. The Balaban J connectivity index is 1.82. The van der Waals surface area contributed by atoms with E-state index in [1.54, 1.807) is 25.2 Å². The quantitative estimate of drug-likeness (QED) is 0.777. The first-order chi connectivity index (χ1) is 10.9. The molecule has 1 heterocycles. The van der Waals surface area contributed by atoms with Crippen molar-refractivity contribution in [2.45, 2.75) is 30.6 Å². The van der Waals surface area contributed by atoms with Crippen LogP contribution in [0.3, 0.4) is 0 Å². The second-order valence-corrected chi connectivity index (χ2v) is 6.12. The van der Waals surface area contributed by atoms with Gasteiger partial charge >= 0.3 is 0 Å². The topological polar surface area (TPSA) is 78.9 Å². The number of aliphatic hydroxyl groups is 1. The summed E-state index contributed by atoms with van der Waals surface area (Å²) in [5, 5.41) is 12.4. The maximum atomic E-state index is 14.1. The zero-order chi connectivity index (χ0) is 16.6. The van der Waals surface area contributed by atoms with Crippen LogP contribution in [0.15, 0.2) is 24.3 Å². The Morgan fingerprint density at radius 2 is 2.13 bits per heavy atom. The molecule has 124 valence electrons. The summed E-state index contributed by atoms with van der Waals surface area (Å²) < 4.78 is 19.4. The highest BCUT2D eigenvalue weighted by Gasteiger charge is 2.49. The lowest BCUT2D eigenvalue weighted by Crippen LogP contribution is -2.62. The van der Waals surface area contributed by atoms with E-state index < -0.39 is 35.4 Å². The van der Waals surface area contributed by atoms with Crippen molar-refractivity contribution in [3.63, 3.8) is 0 Å². The molecule has 2 N–H and O–H groups in total. The van der Waals surface area contributed by atoms with E-state index in [0.29, 0.717) is 12.1 Å². The first-order valence-electron chi connectivity index (χ1n) is 7.55. The van der Waals surface area contributed by atoms with Crippen molar-refractivity contribution in [1.82, 2.24) is 10.2 Å². The number of nitrogens with one attached hydrogen (secondary N) is 1. The van der Waals surface area contributed by atoms with Crippen molar-refractivity contribution in [3.05, 3.63) is 35.6 Å². The number of ether oxygens (including phenoxy) is 1. The van der Waals surface area contributed by atoms with Crippen LogP contribution >= 0.6 is 0 Å². The molecule has 1 aromatic carbocycles. The normalized spacial score (nSPS) is 30.7. The van der Waals surface area contributed by atoms with E-state index in [1.165, 1.54) is 11.0 Å². The number of carbonyl (C=O) groups excluding carboxylic acids is 2. The number of amides is 2. The number of carbonyl (C=O) groups is 2. The van der Waals surface area contributed by atoms with Gasteiger partial charge < -0.3 is 20.1 Å². The van der Waals surface area contributed by atoms with Crippen LogP contribution in [0.2, 0.25) is 0 Å². The lowest BCUT2D eigenvalue weighted by atomic mass is 9.69. The zero-order valence-electron chi connectivity index (χ0n) is 12.8. The van der Waals surface area contributed by atoms with Crippen molar-refractivity contribution >= 4 is 11.8 Å². The van der Waals surface area contributed by atoms with Crippen molar-refractivity contribution < 1.29 is 23.8 Å². The number of aliphatic hydroxyl groups excluding tert-OH is 1. The third-order valence-corrected chi connectivity index (χ3v) is 4.47. The average molecular weight is 322 g/mol. The van der Waals surface area contributed by atoms with Gasteiger partial charge in [-0.15, -0.1) is 0 Å². The Hall–Kier alpha value is -1.99. The van der Waals surface area contributed by atoms with Crippen LogP contribution in [0.4, 0.5) is 4.39 Å². The molecule has 2 amide bonds. The van der Waals surface area contributed by atoms with Crippen molar-refractivity contribution in [3.8, 4) is 0 Å². The van der Waals surface area contributed by atoms with E-state index >= 15 is 0 Å². The summed E-state index contributed by atoms with van der Waals surface area (Å²) >= 11 is 0. The third kappa shape index (κ3) is 2.82. The maximum absolute atomic E-state index is 14.1. The van der Waals surface area contributed by atoms with Crippen LogP contribution < -0.4 is 5.32 Å². The number of benzene rings is 1. The second kappa shape index (κ2) is 5.90. The summed E-state index contributed by atoms with van der Waals surface area (Å²) in [4.78, 5) is 25.9. The predicted molar refractivity (Wildman–Crippen MR) is 78.8 cm³/mol. The molecule has 1 aliphatic heterocycles. The molecule has 1 aliphatic carbocycles. The molecule has 1 saturated heterocycles. The van der Waals surface area contributed by atoms with E-state index in [4.69, 9.17) is 4.74 Å². The fourth-order valence-corrected chi connectivity index (χ4v) is 3.16. The smallest absolute Gasteiger partial charge is 0.261 e. The van der Waals surface area contributed by atoms with Crippen molar-refractivity contribution in [2.75, 3.05) is 20.2 Å².